The molecule has 1 aromatic heterocycles. The summed E-state index contributed by atoms with van der Waals surface area (Å²) in [6.45, 7) is 3.61. The van der Waals surface area contributed by atoms with Crippen LogP contribution in [0.25, 0.3) is 11.3 Å². The van der Waals surface area contributed by atoms with Gasteiger partial charge in [-0.05, 0) is 37.3 Å². The topological polar surface area (TPSA) is 55.6 Å². The van der Waals surface area contributed by atoms with Gasteiger partial charge in [0.25, 0.3) is 5.91 Å². The number of ether oxygens (including phenoxy) is 1. The van der Waals surface area contributed by atoms with Gasteiger partial charge < -0.3 is 14.1 Å². The van der Waals surface area contributed by atoms with Crippen LogP contribution >= 0.6 is 0 Å². The SMILES string of the molecule is CCCC[C@@H]1CN(C(=O)c2ccc(-c3cnco3)cc2)C[C@H](C2CC2)O1. The third kappa shape index (κ3) is 3.83. The Labute approximate surface area is 154 Å². The molecule has 138 valence electrons. The maximum atomic E-state index is 13.0. The van der Waals surface area contributed by atoms with Gasteiger partial charge in [0, 0.05) is 24.2 Å². The van der Waals surface area contributed by atoms with Crippen LogP contribution in [0.15, 0.2) is 41.3 Å². The molecule has 5 nitrogen and oxygen atoms in total. The van der Waals surface area contributed by atoms with Crippen molar-refractivity contribution in [3.63, 3.8) is 0 Å². The van der Waals surface area contributed by atoms with Gasteiger partial charge in [-0.2, -0.15) is 0 Å². The number of carbonyl (C=O) groups excluding carboxylic acids is 1. The maximum absolute atomic E-state index is 13.0. The van der Waals surface area contributed by atoms with Crippen molar-refractivity contribution in [2.75, 3.05) is 13.1 Å². The minimum absolute atomic E-state index is 0.101. The summed E-state index contributed by atoms with van der Waals surface area (Å²) >= 11 is 0. The third-order valence-corrected chi connectivity index (χ3v) is 5.35. The van der Waals surface area contributed by atoms with E-state index in [0.29, 0.717) is 18.2 Å². The van der Waals surface area contributed by atoms with Gasteiger partial charge in [-0.15, -0.1) is 0 Å². The molecule has 0 bridgehead atoms. The van der Waals surface area contributed by atoms with Crippen LogP contribution < -0.4 is 0 Å². The predicted molar refractivity (Wildman–Crippen MR) is 98.8 cm³/mol. The van der Waals surface area contributed by atoms with E-state index < -0.39 is 0 Å². The summed E-state index contributed by atoms with van der Waals surface area (Å²) < 4.78 is 11.6. The second-order valence-electron chi connectivity index (χ2n) is 7.43. The van der Waals surface area contributed by atoms with Crippen molar-refractivity contribution in [1.29, 1.82) is 0 Å². The number of amides is 1. The highest BCUT2D eigenvalue weighted by Gasteiger charge is 2.39. The Morgan fingerprint density at radius 1 is 1.23 bits per heavy atom. The molecule has 2 aliphatic rings. The van der Waals surface area contributed by atoms with E-state index in [9.17, 15) is 4.79 Å². The van der Waals surface area contributed by atoms with Crippen molar-refractivity contribution in [2.45, 2.75) is 51.2 Å². The minimum atomic E-state index is 0.101. The molecule has 1 amide bonds. The molecule has 2 atom stereocenters. The third-order valence-electron chi connectivity index (χ3n) is 5.35. The molecule has 26 heavy (non-hydrogen) atoms. The molecule has 2 heterocycles. The summed E-state index contributed by atoms with van der Waals surface area (Å²) in [5.41, 5.74) is 1.65. The lowest BCUT2D eigenvalue weighted by Gasteiger charge is -2.38. The molecule has 2 fully saturated rings. The predicted octanol–water partition coefficient (Wildman–Crippen LogP) is 4.15. The van der Waals surface area contributed by atoms with Gasteiger partial charge in [0.1, 0.15) is 0 Å². The van der Waals surface area contributed by atoms with Crippen LogP contribution in [0.3, 0.4) is 0 Å². The fraction of sp³-hybridized carbons (Fsp3) is 0.524. The molecule has 0 N–H and O–H groups in total. The Morgan fingerprint density at radius 3 is 2.69 bits per heavy atom. The van der Waals surface area contributed by atoms with Crippen molar-refractivity contribution in [3.8, 4) is 11.3 Å². The molecular weight excluding hydrogens is 328 g/mol. The molecule has 5 heteroatoms. The van der Waals surface area contributed by atoms with E-state index in [0.717, 1.165) is 36.9 Å². The van der Waals surface area contributed by atoms with E-state index in [2.05, 4.69) is 11.9 Å². The number of hydrogen-bond acceptors (Lipinski definition) is 4. The molecule has 1 saturated carbocycles. The largest absolute Gasteiger partial charge is 0.444 e. The van der Waals surface area contributed by atoms with Gasteiger partial charge in [0.15, 0.2) is 12.2 Å². The Hall–Kier alpha value is -2.14. The highest BCUT2D eigenvalue weighted by Crippen LogP contribution is 2.37. The molecule has 0 unspecified atom stereocenters. The van der Waals surface area contributed by atoms with Crippen LogP contribution in [0.1, 0.15) is 49.4 Å². The van der Waals surface area contributed by atoms with Crippen LogP contribution in [0.2, 0.25) is 0 Å². The second kappa shape index (κ2) is 7.62. The zero-order valence-corrected chi connectivity index (χ0v) is 15.3. The number of unbranched alkanes of at least 4 members (excludes halogenated alkanes) is 1. The first-order valence-electron chi connectivity index (χ1n) is 9.68. The summed E-state index contributed by atoms with van der Waals surface area (Å²) in [4.78, 5) is 19.0. The lowest BCUT2D eigenvalue weighted by Crippen LogP contribution is -2.50. The summed E-state index contributed by atoms with van der Waals surface area (Å²) in [5, 5.41) is 0. The second-order valence-corrected chi connectivity index (χ2v) is 7.43. The molecular formula is C21H26N2O3. The highest BCUT2D eigenvalue weighted by atomic mass is 16.5. The molecule has 0 spiro atoms. The summed E-state index contributed by atoms with van der Waals surface area (Å²) in [6.07, 6.45) is 9.29. The summed E-state index contributed by atoms with van der Waals surface area (Å²) in [6, 6.07) is 7.59. The Kier molecular flexibility index (Phi) is 5.07. The zero-order chi connectivity index (χ0) is 17.9. The number of aromatic nitrogens is 1. The van der Waals surface area contributed by atoms with Gasteiger partial charge in [-0.3, -0.25) is 4.79 Å². The molecule has 1 saturated heterocycles. The number of oxazole rings is 1. The van der Waals surface area contributed by atoms with E-state index >= 15 is 0 Å². The fourth-order valence-electron chi connectivity index (χ4n) is 3.67. The zero-order valence-electron chi connectivity index (χ0n) is 15.3. The molecule has 4 rings (SSSR count). The van der Waals surface area contributed by atoms with E-state index in [1.54, 1.807) is 6.20 Å². The van der Waals surface area contributed by atoms with E-state index in [1.807, 2.05) is 29.2 Å². The van der Waals surface area contributed by atoms with Crippen molar-refractivity contribution < 1.29 is 13.9 Å². The Bertz CT molecular complexity index is 722. The Balaban J connectivity index is 1.46. The first kappa shape index (κ1) is 17.3. The number of morpholine rings is 1. The fourth-order valence-corrected chi connectivity index (χ4v) is 3.67. The van der Waals surface area contributed by atoms with Gasteiger partial charge in [-0.1, -0.05) is 31.9 Å². The van der Waals surface area contributed by atoms with E-state index in [4.69, 9.17) is 9.15 Å². The quantitative estimate of drug-likeness (QED) is 0.782. The van der Waals surface area contributed by atoms with E-state index in [1.165, 1.54) is 19.2 Å². The lowest BCUT2D eigenvalue weighted by atomic mass is 10.0. The minimum Gasteiger partial charge on any atom is -0.444 e. The normalized spacial score (nSPS) is 23.2. The Morgan fingerprint density at radius 2 is 2.04 bits per heavy atom. The smallest absolute Gasteiger partial charge is 0.254 e. The maximum Gasteiger partial charge on any atom is 0.254 e. The van der Waals surface area contributed by atoms with Crippen LogP contribution in [0, 0.1) is 5.92 Å². The van der Waals surface area contributed by atoms with Crippen molar-refractivity contribution in [1.82, 2.24) is 9.88 Å². The summed E-state index contributed by atoms with van der Waals surface area (Å²) in [7, 11) is 0. The molecule has 2 aromatic rings. The van der Waals surface area contributed by atoms with Crippen LogP contribution in [0.4, 0.5) is 0 Å². The van der Waals surface area contributed by atoms with E-state index in [-0.39, 0.29) is 18.1 Å². The van der Waals surface area contributed by atoms with Crippen molar-refractivity contribution in [2.24, 2.45) is 5.92 Å². The standard InChI is InChI=1S/C21H26N2O3/c1-2-3-4-18-12-23(13-20(26-18)16-5-6-16)21(24)17-9-7-15(8-10-17)19-11-22-14-25-19/h7-11,14,16,18,20H,2-6,12-13H2,1H3/t18-,20-/m1/s1. The average Bonchev–Trinajstić information content (AvgIpc) is 3.40. The van der Waals surface area contributed by atoms with Crippen LogP contribution in [-0.2, 0) is 4.74 Å². The molecule has 0 radical (unpaired) electrons. The van der Waals surface area contributed by atoms with Gasteiger partial charge in [0.2, 0.25) is 0 Å². The first-order chi connectivity index (χ1) is 12.7. The molecule has 1 aliphatic heterocycles. The van der Waals surface area contributed by atoms with Crippen molar-refractivity contribution >= 4 is 5.91 Å². The number of benzene rings is 1. The molecule has 1 aliphatic carbocycles. The lowest BCUT2D eigenvalue weighted by molar-refractivity contribution is -0.0874. The van der Waals surface area contributed by atoms with Crippen LogP contribution in [-0.4, -0.2) is 41.1 Å². The monoisotopic (exact) mass is 354 g/mol. The van der Waals surface area contributed by atoms with Crippen LogP contribution in [0.5, 0.6) is 0 Å². The van der Waals surface area contributed by atoms with Crippen molar-refractivity contribution in [3.05, 3.63) is 42.4 Å². The number of carbonyl (C=O) groups is 1. The first-order valence-corrected chi connectivity index (χ1v) is 9.68. The molecule has 1 aromatic carbocycles. The number of nitrogens with zero attached hydrogens (tertiary/aromatic N) is 2. The van der Waals surface area contributed by atoms with Gasteiger partial charge >= 0.3 is 0 Å². The van der Waals surface area contributed by atoms with Gasteiger partial charge in [0.05, 0.1) is 18.4 Å². The highest BCUT2D eigenvalue weighted by molar-refractivity contribution is 5.94. The summed E-state index contributed by atoms with van der Waals surface area (Å²) in [5.74, 6) is 1.46. The number of hydrogen-bond donors (Lipinski definition) is 0. The van der Waals surface area contributed by atoms with Gasteiger partial charge in [-0.25, -0.2) is 4.98 Å². The average molecular weight is 354 g/mol. The number of rotatable bonds is 6.